The number of hydrogen-bond donors (Lipinski definition) is 1. The molecule has 0 unspecified atom stereocenters. The van der Waals surface area contributed by atoms with Crippen molar-refractivity contribution in [1.29, 1.82) is 0 Å². The molecule has 2 heterocycles. The Hall–Kier alpha value is -1.31. The molecule has 1 N–H and O–H groups in total. The first kappa shape index (κ1) is 16.1. The monoisotopic (exact) mass is 309 g/mol. The summed E-state index contributed by atoms with van der Waals surface area (Å²) in [6, 6.07) is 0. The molecule has 120 valence electrons. The van der Waals surface area contributed by atoms with Gasteiger partial charge in [-0.3, -0.25) is 9.59 Å². The molecule has 2 aliphatic heterocycles. The molecule has 2 saturated heterocycles. The Morgan fingerprint density at radius 3 is 2.33 bits per heavy atom. The molecule has 0 aromatic rings. The van der Waals surface area contributed by atoms with Crippen LogP contribution in [0.25, 0.3) is 0 Å². The summed E-state index contributed by atoms with van der Waals surface area (Å²) in [4.78, 5) is 23.0. The second kappa shape index (κ2) is 6.21. The second-order valence-corrected chi connectivity index (χ2v) is 5.61. The number of alkyl halides is 3. The number of hydrogen-bond acceptors (Lipinski definition) is 3. The van der Waals surface area contributed by atoms with Gasteiger partial charge >= 0.3 is 18.1 Å². The van der Waals surface area contributed by atoms with E-state index in [4.69, 9.17) is 9.84 Å². The smallest absolute Gasteiger partial charge is 0.471 e. The van der Waals surface area contributed by atoms with E-state index in [-0.39, 0.29) is 25.1 Å². The Morgan fingerprint density at radius 1 is 1.19 bits per heavy atom. The van der Waals surface area contributed by atoms with Gasteiger partial charge in [0.15, 0.2) is 0 Å². The van der Waals surface area contributed by atoms with Gasteiger partial charge in [-0.2, -0.15) is 13.2 Å². The number of rotatable bonds is 3. The predicted octanol–water partition coefficient (Wildman–Crippen LogP) is 1.67. The number of aliphatic carboxylic acids is 1. The third-order valence-corrected chi connectivity index (χ3v) is 4.24. The van der Waals surface area contributed by atoms with Crippen molar-refractivity contribution in [2.24, 2.45) is 11.8 Å². The Kier molecular flexibility index (Phi) is 4.75. The van der Waals surface area contributed by atoms with E-state index >= 15 is 0 Å². The lowest BCUT2D eigenvalue weighted by molar-refractivity contribution is -0.186. The Balaban J connectivity index is 1.82. The van der Waals surface area contributed by atoms with E-state index < -0.39 is 24.0 Å². The summed E-state index contributed by atoms with van der Waals surface area (Å²) in [6.07, 6.45) is -3.27. The molecule has 2 fully saturated rings. The molecule has 0 aromatic heterocycles. The quantitative estimate of drug-likeness (QED) is 0.861. The lowest BCUT2D eigenvalue weighted by atomic mass is 9.87. The van der Waals surface area contributed by atoms with Crippen LogP contribution in [0, 0.1) is 11.8 Å². The van der Waals surface area contributed by atoms with Crippen molar-refractivity contribution in [1.82, 2.24) is 4.90 Å². The minimum Gasteiger partial charge on any atom is -0.481 e. The molecule has 0 radical (unpaired) electrons. The van der Waals surface area contributed by atoms with Gasteiger partial charge in [0.2, 0.25) is 0 Å². The van der Waals surface area contributed by atoms with Crippen molar-refractivity contribution in [2.75, 3.05) is 19.7 Å². The van der Waals surface area contributed by atoms with E-state index in [0.29, 0.717) is 32.3 Å². The van der Waals surface area contributed by atoms with E-state index in [1.807, 2.05) is 0 Å². The van der Waals surface area contributed by atoms with Crippen LogP contribution in [0.4, 0.5) is 13.2 Å². The van der Waals surface area contributed by atoms with Crippen molar-refractivity contribution >= 4 is 11.9 Å². The van der Waals surface area contributed by atoms with Crippen molar-refractivity contribution in [3.63, 3.8) is 0 Å². The molecule has 2 atom stereocenters. The van der Waals surface area contributed by atoms with Crippen LogP contribution < -0.4 is 0 Å². The lowest BCUT2D eigenvalue weighted by Crippen LogP contribution is -2.45. The van der Waals surface area contributed by atoms with Crippen LogP contribution in [0.2, 0.25) is 0 Å². The van der Waals surface area contributed by atoms with Gasteiger partial charge in [-0.15, -0.1) is 0 Å². The molecular weight excluding hydrogens is 291 g/mol. The third kappa shape index (κ3) is 3.87. The first-order chi connectivity index (χ1) is 9.79. The van der Waals surface area contributed by atoms with Crippen LogP contribution >= 0.6 is 0 Å². The number of amides is 1. The number of nitrogens with zero attached hydrogens (tertiary/aromatic N) is 1. The number of carboxylic acids is 1. The number of likely N-dealkylation sites (tertiary alicyclic amines) is 1. The number of carbonyl (C=O) groups is 2. The zero-order chi connectivity index (χ0) is 15.6. The van der Waals surface area contributed by atoms with Crippen molar-refractivity contribution in [3.8, 4) is 0 Å². The SMILES string of the molecule is O=C(O)[C@@H]1CCO[C@@H]1CC1CCN(C(=O)C(F)(F)F)CC1. The number of ether oxygens (including phenoxy) is 1. The third-order valence-electron chi connectivity index (χ3n) is 4.24. The number of carboxylic acid groups (broad SMARTS) is 1. The summed E-state index contributed by atoms with van der Waals surface area (Å²) in [5.41, 5.74) is 0. The predicted molar refractivity (Wildman–Crippen MR) is 65.5 cm³/mol. The van der Waals surface area contributed by atoms with Gasteiger partial charge in [-0.25, -0.2) is 0 Å². The average Bonchev–Trinajstić information content (AvgIpc) is 2.86. The maximum Gasteiger partial charge on any atom is 0.471 e. The van der Waals surface area contributed by atoms with Crippen LogP contribution in [0.1, 0.15) is 25.7 Å². The fraction of sp³-hybridized carbons (Fsp3) is 0.846. The maximum absolute atomic E-state index is 12.3. The number of piperidine rings is 1. The maximum atomic E-state index is 12.3. The lowest BCUT2D eigenvalue weighted by Gasteiger charge is -2.33. The van der Waals surface area contributed by atoms with E-state index in [1.165, 1.54) is 0 Å². The van der Waals surface area contributed by atoms with Crippen molar-refractivity contribution in [2.45, 2.75) is 38.0 Å². The highest BCUT2D eigenvalue weighted by atomic mass is 19.4. The minimum absolute atomic E-state index is 0.0630. The summed E-state index contributed by atoms with van der Waals surface area (Å²) in [6.45, 7) is 0.536. The Bertz CT molecular complexity index is 405. The molecule has 2 aliphatic rings. The molecule has 0 spiro atoms. The van der Waals surface area contributed by atoms with Gasteiger partial charge in [0.25, 0.3) is 0 Å². The van der Waals surface area contributed by atoms with Gasteiger partial charge < -0.3 is 14.7 Å². The first-order valence-electron chi connectivity index (χ1n) is 6.99. The van der Waals surface area contributed by atoms with Gasteiger partial charge in [-0.1, -0.05) is 0 Å². The molecular formula is C13H18F3NO4. The number of halogens is 3. The van der Waals surface area contributed by atoms with Gasteiger partial charge in [0.05, 0.1) is 12.0 Å². The standard InChI is InChI=1S/C13H18F3NO4/c14-13(15,16)12(20)17-4-1-8(2-5-17)7-10-9(11(18)19)3-6-21-10/h8-10H,1-7H2,(H,18,19)/t9-,10-/m1/s1. The highest BCUT2D eigenvalue weighted by molar-refractivity contribution is 5.81. The molecule has 1 amide bonds. The largest absolute Gasteiger partial charge is 0.481 e. The molecule has 5 nitrogen and oxygen atoms in total. The first-order valence-corrected chi connectivity index (χ1v) is 6.99. The van der Waals surface area contributed by atoms with E-state index in [9.17, 15) is 22.8 Å². The normalized spacial score (nSPS) is 27.9. The summed E-state index contributed by atoms with van der Waals surface area (Å²) < 4.78 is 42.4. The van der Waals surface area contributed by atoms with Crippen LogP contribution in [0.15, 0.2) is 0 Å². The second-order valence-electron chi connectivity index (χ2n) is 5.61. The minimum atomic E-state index is -4.82. The van der Waals surface area contributed by atoms with E-state index in [1.54, 1.807) is 0 Å². The van der Waals surface area contributed by atoms with Crippen LogP contribution in [-0.2, 0) is 14.3 Å². The molecule has 8 heteroatoms. The molecule has 0 saturated carbocycles. The van der Waals surface area contributed by atoms with Gasteiger partial charge in [0, 0.05) is 19.7 Å². The van der Waals surface area contributed by atoms with E-state index in [0.717, 1.165) is 4.90 Å². The summed E-state index contributed by atoms with van der Waals surface area (Å²) in [5.74, 6) is -3.10. The van der Waals surface area contributed by atoms with Crippen molar-refractivity contribution < 1.29 is 32.6 Å². The van der Waals surface area contributed by atoms with Gasteiger partial charge in [0.1, 0.15) is 0 Å². The summed E-state index contributed by atoms with van der Waals surface area (Å²) >= 11 is 0. The zero-order valence-electron chi connectivity index (χ0n) is 11.4. The molecule has 0 bridgehead atoms. The topological polar surface area (TPSA) is 66.8 Å². The average molecular weight is 309 g/mol. The van der Waals surface area contributed by atoms with Gasteiger partial charge in [-0.05, 0) is 31.6 Å². The van der Waals surface area contributed by atoms with Crippen molar-refractivity contribution in [3.05, 3.63) is 0 Å². The highest BCUT2D eigenvalue weighted by Gasteiger charge is 2.44. The van der Waals surface area contributed by atoms with E-state index in [2.05, 4.69) is 0 Å². The molecule has 0 aromatic carbocycles. The fourth-order valence-corrected chi connectivity index (χ4v) is 3.04. The molecule has 21 heavy (non-hydrogen) atoms. The summed E-state index contributed by atoms with van der Waals surface area (Å²) in [5, 5.41) is 9.06. The number of carbonyl (C=O) groups excluding carboxylic acids is 1. The fourth-order valence-electron chi connectivity index (χ4n) is 3.04. The Morgan fingerprint density at radius 2 is 1.81 bits per heavy atom. The van der Waals surface area contributed by atoms with Crippen LogP contribution in [0.3, 0.4) is 0 Å². The Labute approximate surface area is 120 Å². The van der Waals surface area contributed by atoms with Crippen LogP contribution in [0.5, 0.6) is 0 Å². The zero-order valence-corrected chi connectivity index (χ0v) is 11.4. The summed E-state index contributed by atoms with van der Waals surface area (Å²) in [7, 11) is 0. The van der Waals surface area contributed by atoms with Crippen LogP contribution in [-0.4, -0.2) is 53.9 Å². The highest BCUT2D eigenvalue weighted by Crippen LogP contribution is 2.31. The molecule has 2 rings (SSSR count). The molecule has 0 aliphatic carbocycles.